The molecule has 176 valence electrons. The predicted octanol–water partition coefficient (Wildman–Crippen LogP) is 3.35. The zero-order chi connectivity index (χ0) is 24.3. The number of halogens is 1. The first-order valence-electron chi connectivity index (χ1n) is 10.2. The molecule has 8 nitrogen and oxygen atoms in total. The summed E-state index contributed by atoms with van der Waals surface area (Å²) < 4.78 is 15.9. The fourth-order valence-electron chi connectivity index (χ4n) is 3.77. The van der Waals surface area contributed by atoms with Crippen molar-refractivity contribution in [2.75, 3.05) is 48.5 Å². The zero-order valence-electron chi connectivity index (χ0n) is 19.2. The van der Waals surface area contributed by atoms with Crippen molar-refractivity contribution >= 4 is 29.1 Å². The van der Waals surface area contributed by atoms with Crippen molar-refractivity contribution in [1.82, 2.24) is 9.80 Å². The number of rotatable bonds is 8. The summed E-state index contributed by atoms with van der Waals surface area (Å²) in [5.74, 6) is -0.693. The van der Waals surface area contributed by atoms with Gasteiger partial charge in [-0.15, -0.1) is 0 Å². The molecule has 1 heterocycles. The van der Waals surface area contributed by atoms with E-state index in [0.29, 0.717) is 23.6 Å². The summed E-state index contributed by atoms with van der Waals surface area (Å²) in [4.78, 5) is 29.6. The fraction of sp³-hybridized carbons (Fsp3) is 0.333. The van der Waals surface area contributed by atoms with E-state index in [-0.39, 0.29) is 34.2 Å². The summed E-state index contributed by atoms with van der Waals surface area (Å²) in [6.45, 7) is 0.821. The maximum Gasteiger partial charge on any atom is 0.295 e. The van der Waals surface area contributed by atoms with Crippen molar-refractivity contribution in [2.24, 2.45) is 0 Å². The molecule has 0 spiro atoms. The van der Waals surface area contributed by atoms with Gasteiger partial charge in [0, 0.05) is 19.2 Å². The molecule has 1 atom stereocenters. The van der Waals surface area contributed by atoms with Crippen LogP contribution in [-0.4, -0.2) is 75.1 Å². The SMILES string of the molecule is COc1cccc(C2/C(=C(\O)c3cc(Cl)c(OC)cc3OC)C(=O)C(=O)N2CCN(C)C)c1. The van der Waals surface area contributed by atoms with Crippen LogP contribution in [0, 0.1) is 0 Å². The smallest absolute Gasteiger partial charge is 0.295 e. The summed E-state index contributed by atoms with van der Waals surface area (Å²) >= 11 is 6.28. The number of methoxy groups -OCH3 is 3. The minimum Gasteiger partial charge on any atom is -0.507 e. The zero-order valence-corrected chi connectivity index (χ0v) is 20.0. The number of likely N-dealkylation sites (N-methyl/N-ethyl adjacent to an activating group) is 1. The van der Waals surface area contributed by atoms with Crippen LogP contribution in [0.4, 0.5) is 0 Å². The van der Waals surface area contributed by atoms with Gasteiger partial charge >= 0.3 is 0 Å². The highest BCUT2D eigenvalue weighted by molar-refractivity contribution is 6.46. The topological polar surface area (TPSA) is 88.5 Å². The van der Waals surface area contributed by atoms with Crippen molar-refractivity contribution in [1.29, 1.82) is 0 Å². The van der Waals surface area contributed by atoms with Crippen LogP contribution in [0.3, 0.4) is 0 Å². The number of Topliss-reactive ketones (excluding diaryl/α,β-unsaturated/α-hetero) is 1. The molecule has 3 rings (SSSR count). The number of nitrogens with zero attached hydrogens (tertiary/aromatic N) is 2. The molecule has 1 amide bonds. The number of aliphatic hydroxyl groups excluding tert-OH is 1. The second-order valence-corrected chi connectivity index (χ2v) is 8.17. The Balaban J connectivity index is 2.24. The van der Waals surface area contributed by atoms with Crippen LogP contribution in [-0.2, 0) is 9.59 Å². The normalized spacial score (nSPS) is 17.5. The molecular weight excluding hydrogens is 448 g/mol. The van der Waals surface area contributed by atoms with Gasteiger partial charge in [0.1, 0.15) is 23.0 Å². The molecular formula is C24H27ClN2O6. The van der Waals surface area contributed by atoms with E-state index in [1.165, 1.54) is 38.4 Å². The maximum atomic E-state index is 13.2. The maximum absolute atomic E-state index is 13.2. The average molecular weight is 475 g/mol. The number of ketones is 1. The van der Waals surface area contributed by atoms with Gasteiger partial charge in [-0.25, -0.2) is 0 Å². The first-order valence-corrected chi connectivity index (χ1v) is 10.6. The third-order valence-electron chi connectivity index (χ3n) is 5.47. The summed E-state index contributed by atoms with van der Waals surface area (Å²) in [6, 6.07) is 9.21. The lowest BCUT2D eigenvalue weighted by molar-refractivity contribution is -0.140. The highest BCUT2D eigenvalue weighted by Crippen LogP contribution is 2.43. The number of hydrogen-bond acceptors (Lipinski definition) is 7. The summed E-state index contributed by atoms with van der Waals surface area (Å²) in [5.41, 5.74) is 0.765. The molecule has 1 aliphatic heterocycles. The molecule has 1 aliphatic rings. The molecule has 2 aromatic carbocycles. The molecule has 0 aromatic heterocycles. The van der Waals surface area contributed by atoms with Gasteiger partial charge in [-0.3, -0.25) is 9.59 Å². The Labute approximate surface area is 197 Å². The van der Waals surface area contributed by atoms with Gasteiger partial charge in [-0.05, 0) is 37.9 Å². The molecule has 0 radical (unpaired) electrons. The number of aliphatic hydroxyl groups is 1. The van der Waals surface area contributed by atoms with Crippen molar-refractivity contribution in [3.05, 3.63) is 58.1 Å². The van der Waals surface area contributed by atoms with E-state index in [4.69, 9.17) is 25.8 Å². The Bertz CT molecular complexity index is 1100. The molecule has 1 saturated heterocycles. The largest absolute Gasteiger partial charge is 0.507 e. The molecule has 0 bridgehead atoms. The third-order valence-corrected chi connectivity index (χ3v) is 5.76. The van der Waals surface area contributed by atoms with Crippen LogP contribution in [0.25, 0.3) is 5.76 Å². The minimum atomic E-state index is -0.814. The van der Waals surface area contributed by atoms with E-state index in [1.54, 1.807) is 24.3 Å². The highest BCUT2D eigenvalue weighted by Gasteiger charge is 2.46. The lowest BCUT2D eigenvalue weighted by atomic mass is 9.94. The highest BCUT2D eigenvalue weighted by atomic mass is 35.5. The van der Waals surface area contributed by atoms with Crippen LogP contribution in [0.2, 0.25) is 5.02 Å². The molecule has 1 unspecified atom stereocenters. The van der Waals surface area contributed by atoms with Crippen molar-refractivity contribution in [3.63, 3.8) is 0 Å². The second kappa shape index (κ2) is 10.1. The van der Waals surface area contributed by atoms with E-state index < -0.39 is 17.7 Å². The molecule has 2 aromatic rings. The van der Waals surface area contributed by atoms with Crippen LogP contribution in [0.1, 0.15) is 17.2 Å². The van der Waals surface area contributed by atoms with E-state index in [1.807, 2.05) is 19.0 Å². The van der Waals surface area contributed by atoms with Crippen LogP contribution in [0.5, 0.6) is 17.2 Å². The summed E-state index contributed by atoms with van der Waals surface area (Å²) in [5, 5.41) is 11.5. The van der Waals surface area contributed by atoms with Gasteiger partial charge in [0.05, 0.1) is 43.5 Å². The minimum absolute atomic E-state index is 0.0495. The van der Waals surface area contributed by atoms with E-state index in [9.17, 15) is 14.7 Å². The molecule has 9 heteroatoms. The quantitative estimate of drug-likeness (QED) is 0.356. The van der Waals surface area contributed by atoms with Gasteiger partial charge in [-0.1, -0.05) is 23.7 Å². The molecule has 1 fully saturated rings. The number of carbonyl (C=O) groups excluding carboxylic acids is 2. The summed E-state index contributed by atoms with van der Waals surface area (Å²) in [6.07, 6.45) is 0. The Morgan fingerprint density at radius 1 is 1.06 bits per heavy atom. The predicted molar refractivity (Wildman–Crippen MR) is 125 cm³/mol. The number of hydrogen-bond donors (Lipinski definition) is 1. The van der Waals surface area contributed by atoms with Gasteiger partial charge in [0.15, 0.2) is 0 Å². The van der Waals surface area contributed by atoms with E-state index in [0.717, 1.165) is 0 Å². The Morgan fingerprint density at radius 2 is 1.76 bits per heavy atom. The molecule has 33 heavy (non-hydrogen) atoms. The number of amides is 1. The van der Waals surface area contributed by atoms with E-state index >= 15 is 0 Å². The van der Waals surface area contributed by atoms with Gasteiger partial charge < -0.3 is 29.1 Å². The van der Waals surface area contributed by atoms with Gasteiger partial charge in [0.2, 0.25) is 0 Å². The third kappa shape index (κ3) is 4.77. The number of carbonyl (C=O) groups is 2. The lowest BCUT2D eigenvalue weighted by Gasteiger charge is -2.27. The summed E-state index contributed by atoms with van der Waals surface area (Å²) in [7, 11) is 8.17. The lowest BCUT2D eigenvalue weighted by Crippen LogP contribution is -2.35. The van der Waals surface area contributed by atoms with E-state index in [2.05, 4.69) is 0 Å². The van der Waals surface area contributed by atoms with Crippen molar-refractivity contribution in [3.8, 4) is 17.2 Å². The Hall–Kier alpha value is -3.23. The molecule has 0 saturated carbocycles. The van der Waals surface area contributed by atoms with Crippen molar-refractivity contribution in [2.45, 2.75) is 6.04 Å². The number of likely N-dealkylation sites (tertiary alicyclic amines) is 1. The van der Waals surface area contributed by atoms with Gasteiger partial charge in [0.25, 0.3) is 11.7 Å². The van der Waals surface area contributed by atoms with Gasteiger partial charge in [-0.2, -0.15) is 0 Å². The Morgan fingerprint density at radius 3 is 2.36 bits per heavy atom. The fourth-order valence-corrected chi connectivity index (χ4v) is 4.01. The Kier molecular flexibility index (Phi) is 7.50. The number of benzene rings is 2. The first-order chi connectivity index (χ1) is 15.7. The second-order valence-electron chi connectivity index (χ2n) is 7.76. The van der Waals surface area contributed by atoms with Crippen LogP contribution in [0.15, 0.2) is 42.0 Å². The van der Waals surface area contributed by atoms with Crippen LogP contribution >= 0.6 is 11.6 Å². The standard InChI is InChI=1S/C24H27ClN2O6/c1-26(2)9-10-27-21(14-7-6-8-15(11-14)31-3)20(23(29)24(27)30)22(28)16-12-17(25)19(33-5)13-18(16)32-4/h6-8,11-13,21,28H,9-10H2,1-5H3/b22-20+. The average Bonchev–Trinajstić information content (AvgIpc) is 3.06. The first kappa shape index (κ1) is 24.4. The number of ether oxygens (including phenoxy) is 3. The monoisotopic (exact) mass is 474 g/mol. The van der Waals surface area contributed by atoms with Crippen LogP contribution < -0.4 is 14.2 Å². The molecule has 0 aliphatic carbocycles. The van der Waals surface area contributed by atoms with Crippen molar-refractivity contribution < 1.29 is 28.9 Å². The molecule has 1 N–H and O–H groups in total.